The van der Waals surface area contributed by atoms with Gasteiger partial charge in [-0.15, -0.1) is 16.4 Å². The van der Waals surface area contributed by atoms with E-state index in [0.717, 1.165) is 13.8 Å². The zero-order valence-corrected chi connectivity index (χ0v) is 20.0. The van der Waals surface area contributed by atoms with Crippen LogP contribution in [-0.2, 0) is 0 Å². The molecule has 0 fully saturated rings. The van der Waals surface area contributed by atoms with Gasteiger partial charge in [-0.05, 0) is 0 Å². The third-order valence-corrected chi connectivity index (χ3v) is 9.84. The van der Waals surface area contributed by atoms with Crippen molar-refractivity contribution in [2.45, 2.75) is 13.8 Å². The maximum absolute atomic E-state index is 15.3. The summed E-state index contributed by atoms with van der Waals surface area (Å²) < 4.78 is 219. The van der Waals surface area contributed by atoms with Crippen LogP contribution in [0.15, 0.2) is 0 Å². The summed E-state index contributed by atoms with van der Waals surface area (Å²) in [5, 5.41) is 0. The van der Waals surface area contributed by atoms with Crippen molar-refractivity contribution >= 4 is 30.1 Å². The van der Waals surface area contributed by atoms with Gasteiger partial charge < -0.3 is 0 Å². The van der Waals surface area contributed by atoms with Gasteiger partial charge in [-0.25, -0.2) is 65.9 Å². The largest absolute Gasteiger partial charge is 0.261 e. The van der Waals surface area contributed by atoms with Crippen LogP contribution in [0.2, 0.25) is 0 Å². The lowest BCUT2D eigenvalue weighted by molar-refractivity contribution is 0.380. The lowest BCUT2D eigenvalue weighted by atomic mass is 9.33. The minimum atomic E-state index is -5.42. The van der Waals surface area contributed by atoms with Crippen LogP contribution in [0.5, 0.6) is 0 Å². The molecule has 0 saturated carbocycles. The molecular formula is C22H10BF15P-. The van der Waals surface area contributed by atoms with E-state index >= 15 is 26.3 Å². The average molecular weight is 601 g/mol. The van der Waals surface area contributed by atoms with Gasteiger partial charge in [0.1, 0.15) is 40.8 Å². The van der Waals surface area contributed by atoms with Gasteiger partial charge in [-0.2, -0.15) is 0 Å². The maximum atomic E-state index is 15.3. The van der Waals surface area contributed by atoms with Gasteiger partial charge in [0.2, 0.25) is 0 Å². The first-order valence-electron chi connectivity index (χ1n) is 10.5. The first kappa shape index (κ1) is 30.6. The Morgan fingerprint density at radius 2 is 0.487 bits per heavy atom. The molecule has 0 aliphatic heterocycles. The predicted molar refractivity (Wildman–Crippen MR) is 111 cm³/mol. The molecule has 0 aliphatic rings. The number of benzene rings is 3. The van der Waals surface area contributed by atoms with Crippen molar-refractivity contribution in [3.63, 3.8) is 0 Å². The van der Waals surface area contributed by atoms with Crippen molar-refractivity contribution in [2.24, 2.45) is 0 Å². The molecule has 0 N–H and O–H groups in total. The van der Waals surface area contributed by atoms with Gasteiger partial charge in [-0.1, -0.05) is 26.2 Å². The molecule has 0 spiro atoms. The number of rotatable bonds is 6. The Morgan fingerprint density at radius 1 is 0.333 bits per heavy atom. The van der Waals surface area contributed by atoms with E-state index in [1.165, 1.54) is 0 Å². The first-order valence-corrected chi connectivity index (χ1v) is 12.3. The molecule has 0 aromatic heterocycles. The summed E-state index contributed by atoms with van der Waals surface area (Å²) in [5.74, 6) is -49.9. The van der Waals surface area contributed by atoms with Crippen LogP contribution in [-0.4, -0.2) is 18.2 Å². The number of hydrogen-bond acceptors (Lipinski definition) is 0. The summed E-state index contributed by atoms with van der Waals surface area (Å²) in [7, 11) is -3.18. The minimum absolute atomic E-state index is 0.787. The molecule has 0 atom stereocenters. The van der Waals surface area contributed by atoms with E-state index in [0.29, 0.717) is 0 Å². The highest BCUT2D eigenvalue weighted by Crippen LogP contribution is 2.48. The van der Waals surface area contributed by atoms with Crippen molar-refractivity contribution in [1.82, 2.24) is 0 Å². The molecular weight excluding hydrogens is 591 g/mol. The van der Waals surface area contributed by atoms with Gasteiger partial charge in [0.05, 0.1) is 0 Å². The van der Waals surface area contributed by atoms with Crippen molar-refractivity contribution in [3.8, 4) is 0 Å². The first-order chi connectivity index (χ1) is 18.0. The van der Waals surface area contributed by atoms with Crippen LogP contribution in [0.1, 0.15) is 13.8 Å². The van der Waals surface area contributed by atoms with Crippen LogP contribution in [0.25, 0.3) is 0 Å². The molecule has 0 aliphatic carbocycles. The van der Waals surface area contributed by atoms with Crippen molar-refractivity contribution in [3.05, 3.63) is 87.3 Å². The van der Waals surface area contributed by atoms with E-state index in [1.807, 2.05) is 0 Å². The Morgan fingerprint density at radius 3 is 0.641 bits per heavy atom. The molecule has 3 aromatic carbocycles. The molecule has 0 amide bonds. The second-order valence-electron chi connectivity index (χ2n) is 7.99. The highest BCUT2D eigenvalue weighted by atomic mass is 31.1. The van der Waals surface area contributed by atoms with Crippen LogP contribution in [0, 0.1) is 87.3 Å². The number of hydrogen-bond donors (Lipinski definition) is 0. The Hall–Kier alpha value is -2.90. The fraction of sp³-hybridized carbons (Fsp3) is 0.182. The summed E-state index contributed by atoms with van der Waals surface area (Å²) in [6.45, 7) is 1.91. The third-order valence-electron chi connectivity index (χ3n) is 6.34. The molecule has 3 aromatic rings. The van der Waals surface area contributed by atoms with Gasteiger partial charge in [0.25, 0.3) is 0 Å². The summed E-state index contributed by atoms with van der Waals surface area (Å²) in [6, 6.07) is 0. The van der Waals surface area contributed by atoms with Gasteiger partial charge >= 0.3 is 0 Å². The third kappa shape index (κ3) is 4.08. The quantitative estimate of drug-likeness (QED) is 0.103. The average Bonchev–Trinajstić information content (AvgIpc) is 2.91. The SMILES string of the molecule is CCP(CC)[B-](c1c(F)c(F)c(F)c(F)c1F)(c1c(F)c(F)c(F)c(F)c1F)c1c(F)c(F)c(F)c(F)c1F. The maximum Gasteiger partial charge on any atom is 0.200 e. The summed E-state index contributed by atoms with van der Waals surface area (Å²) in [4.78, 5) is 0. The van der Waals surface area contributed by atoms with E-state index in [1.54, 1.807) is 0 Å². The van der Waals surface area contributed by atoms with Gasteiger partial charge in [0.15, 0.2) is 52.4 Å². The Labute approximate surface area is 210 Å². The van der Waals surface area contributed by atoms with Crippen LogP contribution >= 0.6 is 7.80 Å². The molecule has 0 radical (unpaired) electrons. The van der Waals surface area contributed by atoms with Gasteiger partial charge in [0, 0.05) is 0 Å². The highest BCUT2D eigenvalue weighted by molar-refractivity contribution is 8.01. The van der Waals surface area contributed by atoms with E-state index in [9.17, 15) is 39.5 Å². The zero-order chi connectivity index (χ0) is 29.9. The second-order valence-corrected chi connectivity index (χ2v) is 11.2. The van der Waals surface area contributed by atoms with E-state index in [4.69, 9.17) is 0 Å². The second kappa shape index (κ2) is 10.6. The van der Waals surface area contributed by atoms with Crippen LogP contribution < -0.4 is 16.4 Å². The van der Waals surface area contributed by atoms with Crippen molar-refractivity contribution < 1.29 is 65.9 Å². The Balaban J connectivity index is 2.96. The molecule has 17 heteroatoms. The monoisotopic (exact) mass is 601 g/mol. The zero-order valence-electron chi connectivity index (χ0n) is 19.1. The lowest BCUT2D eigenvalue weighted by Gasteiger charge is -2.50. The number of halogens is 15. The molecule has 39 heavy (non-hydrogen) atoms. The fourth-order valence-corrected chi connectivity index (χ4v) is 8.04. The van der Waals surface area contributed by atoms with Crippen LogP contribution in [0.4, 0.5) is 65.9 Å². The lowest BCUT2D eigenvalue weighted by Crippen LogP contribution is -2.72. The molecule has 0 nitrogen and oxygen atoms in total. The Kier molecular flexibility index (Phi) is 8.32. The van der Waals surface area contributed by atoms with E-state index in [2.05, 4.69) is 0 Å². The van der Waals surface area contributed by atoms with Crippen LogP contribution in [0.3, 0.4) is 0 Å². The van der Waals surface area contributed by atoms with Gasteiger partial charge in [-0.3, -0.25) is 7.80 Å². The topological polar surface area (TPSA) is 0 Å². The summed E-state index contributed by atoms with van der Waals surface area (Å²) >= 11 is 0. The van der Waals surface area contributed by atoms with E-state index < -0.39 is 130 Å². The van der Waals surface area contributed by atoms with Crippen molar-refractivity contribution in [1.29, 1.82) is 0 Å². The fourth-order valence-electron chi connectivity index (χ4n) is 4.72. The molecule has 212 valence electrons. The standard InChI is InChI=1S/C22H10BF15P/c1-3-39(4-2)23(5-8(24)14(30)20(36)15(31)9(5)25,6-10(26)16(32)21(37)17(33)11(6)27)7-12(28)18(34)22(38)19(35)13(7)29/h3-4H2,1-2H3/q-1. The molecule has 3 rings (SSSR count). The Bertz CT molecular complexity index is 1250. The molecule has 0 bridgehead atoms. The summed E-state index contributed by atoms with van der Waals surface area (Å²) in [5.41, 5.74) is -7.60. The predicted octanol–water partition coefficient (Wildman–Crippen LogP) is 6.26. The highest BCUT2D eigenvalue weighted by Gasteiger charge is 2.50. The normalized spacial score (nSPS) is 12.2. The molecule has 0 heterocycles. The minimum Gasteiger partial charge on any atom is -0.261 e. The summed E-state index contributed by atoms with van der Waals surface area (Å²) in [6.07, 6.45) is -1.57. The smallest absolute Gasteiger partial charge is 0.200 e. The van der Waals surface area contributed by atoms with E-state index in [-0.39, 0.29) is 0 Å². The van der Waals surface area contributed by atoms with Crippen molar-refractivity contribution in [2.75, 3.05) is 12.3 Å². The molecule has 0 unspecified atom stereocenters. The molecule has 0 saturated heterocycles.